The molecule has 2 amide bonds. The van der Waals surface area contributed by atoms with Gasteiger partial charge in [-0.25, -0.2) is 9.78 Å². The van der Waals surface area contributed by atoms with Crippen molar-refractivity contribution in [3.05, 3.63) is 89.3 Å². The second-order valence-electron chi connectivity index (χ2n) is 7.46. The summed E-state index contributed by atoms with van der Waals surface area (Å²) < 4.78 is 2.16. The minimum absolute atomic E-state index is 0.338. The summed E-state index contributed by atoms with van der Waals surface area (Å²) in [7, 11) is 0. The smallest absolute Gasteiger partial charge is 0.323 e. The van der Waals surface area contributed by atoms with Crippen LogP contribution in [-0.4, -0.2) is 20.6 Å². The number of nitrogens with one attached hydrogen (secondary N) is 3. The molecule has 0 saturated heterocycles. The number of benzene rings is 2. The Kier molecular flexibility index (Phi) is 4.84. The third-order valence-corrected chi connectivity index (χ3v) is 5.64. The van der Waals surface area contributed by atoms with Crippen molar-refractivity contribution in [2.24, 2.45) is 0 Å². The first-order chi connectivity index (χ1) is 15.1. The van der Waals surface area contributed by atoms with E-state index in [0.717, 1.165) is 38.8 Å². The monoisotopic (exact) mass is 429 g/mol. The Morgan fingerprint density at radius 3 is 2.84 bits per heavy atom. The summed E-state index contributed by atoms with van der Waals surface area (Å²) >= 11 is 6.20. The normalized spacial score (nSPS) is 11.2. The van der Waals surface area contributed by atoms with Gasteiger partial charge in [0.2, 0.25) is 0 Å². The maximum absolute atomic E-state index is 12.6. The molecule has 3 heterocycles. The van der Waals surface area contributed by atoms with Crippen molar-refractivity contribution in [1.29, 1.82) is 0 Å². The number of aromatic nitrogens is 3. The van der Waals surface area contributed by atoms with E-state index in [1.54, 1.807) is 12.3 Å². The summed E-state index contributed by atoms with van der Waals surface area (Å²) in [5.74, 6) is 0. The molecule has 31 heavy (non-hydrogen) atoms. The van der Waals surface area contributed by atoms with E-state index in [1.807, 2.05) is 61.8 Å². The molecule has 2 aromatic carbocycles. The number of nitrogens with zero attached hydrogens (tertiary/aromatic N) is 2. The van der Waals surface area contributed by atoms with E-state index < -0.39 is 0 Å². The number of carbonyl (C=O) groups excluding carboxylic acids is 1. The Morgan fingerprint density at radius 2 is 1.94 bits per heavy atom. The van der Waals surface area contributed by atoms with Gasteiger partial charge < -0.3 is 20.2 Å². The fraction of sp³-hybridized carbons (Fsp3) is 0.0833. The number of hydrogen-bond acceptors (Lipinski definition) is 2. The van der Waals surface area contributed by atoms with E-state index in [0.29, 0.717) is 17.3 Å². The van der Waals surface area contributed by atoms with Crippen molar-refractivity contribution in [2.45, 2.75) is 13.5 Å². The first kappa shape index (κ1) is 19.2. The minimum Gasteiger partial charge on any atom is -0.346 e. The summed E-state index contributed by atoms with van der Waals surface area (Å²) in [5.41, 5.74) is 5.40. The van der Waals surface area contributed by atoms with Gasteiger partial charge in [0.25, 0.3) is 0 Å². The van der Waals surface area contributed by atoms with Crippen LogP contribution in [0.2, 0.25) is 5.02 Å². The van der Waals surface area contributed by atoms with Crippen molar-refractivity contribution in [3.8, 4) is 0 Å². The zero-order chi connectivity index (χ0) is 21.4. The molecule has 0 atom stereocenters. The summed E-state index contributed by atoms with van der Waals surface area (Å²) in [6.07, 6.45) is 5.80. The predicted octanol–water partition coefficient (Wildman–Crippen LogP) is 6.17. The van der Waals surface area contributed by atoms with Gasteiger partial charge in [-0.3, -0.25) is 0 Å². The molecule has 154 valence electrons. The van der Waals surface area contributed by atoms with Crippen LogP contribution in [-0.2, 0) is 6.54 Å². The second kappa shape index (κ2) is 7.81. The van der Waals surface area contributed by atoms with E-state index in [4.69, 9.17) is 11.6 Å². The minimum atomic E-state index is -0.338. The molecule has 0 aliphatic carbocycles. The number of halogens is 1. The standard InChI is InChI=1S/C24H20ClN5O/c1-15-7-8-19(25)21(12-15)29-24(31)28-20-5-2-6-22-18(20)9-11-30(22)14-16-13-27-23-17(16)4-3-10-26-23/h2-13H,14H2,1H3,(H,26,27)(H2,28,29,31). The van der Waals surface area contributed by atoms with Gasteiger partial charge in [0, 0.05) is 35.9 Å². The van der Waals surface area contributed by atoms with E-state index in [2.05, 4.69) is 31.2 Å². The number of anilines is 2. The van der Waals surface area contributed by atoms with Gasteiger partial charge in [-0.15, -0.1) is 0 Å². The number of H-pyrrole nitrogens is 1. The van der Waals surface area contributed by atoms with Crippen molar-refractivity contribution in [3.63, 3.8) is 0 Å². The number of amides is 2. The van der Waals surface area contributed by atoms with Gasteiger partial charge in [0.15, 0.2) is 0 Å². The van der Waals surface area contributed by atoms with E-state index in [9.17, 15) is 4.79 Å². The number of urea groups is 1. The molecular weight excluding hydrogens is 410 g/mol. The van der Waals surface area contributed by atoms with Crippen molar-refractivity contribution < 1.29 is 4.79 Å². The molecule has 5 rings (SSSR count). The molecule has 0 saturated carbocycles. The van der Waals surface area contributed by atoms with Crippen LogP contribution in [0.4, 0.5) is 16.2 Å². The van der Waals surface area contributed by atoms with E-state index >= 15 is 0 Å². The summed E-state index contributed by atoms with van der Waals surface area (Å²) in [5, 5.41) is 8.34. The van der Waals surface area contributed by atoms with Crippen molar-refractivity contribution >= 4 is 50.9 Å². The van der Waals surface area contributed by atoms with Crippen LogP contribution in [0, 0.1) is 6.92 Å². The van der Waals surface area contributed by atoms with Gasteiger partial charge in [-0.2, -0.15) is 0 Å². The molecule has 0 aliphatic rings. The summed E-state index contributed by atoms with van der Waals surface area (Å²) in [6, 6.07) is 17.1. The van der Waals surface area contributed by atoms with Crippen LogP contribution in [0.3, 0.4) is 0 Å². The third kappa shape index (κ3) is 3.73. The number of rotatable bonds is 4. The molecule has 0 fully saturated rings. The lowest BCUT2D eigenvalue weighted by Crippen LogP contribution is -2.19. The highest BCUT2D eigenvalue weighted by atomic mass is 35.5. The Labute approximate surface area is 183 Å². The quantitative estimate of drug-likeness (QED) is 0.319. The molecule has 3 aromatic heterocycles. The number of fused-ring (bicyclic) bond motifs is 2. The van der Waals surface area contributed by atoms with Crippen LogP contribution in [0.5, 0.6) is 0 Å². The lowest BCUT2D eigenvalue weighted by atomic mass is 10.2. The first-order valence-electron chi connectivity index (χ1n) is 9.91. The lowest BCUT2D eigenvalue weighted by Gasteiger charge is -2.11. The second-order valence-corrected chi connectivity index (χ2v) is 7.87. The van der Waals surface area contributed by atoms with Crippen LogP contribution in [0.1, 0.15) is 11.1 Å². The van der Waals surface area contributed by atoms with Crippen molar-refractivity contribution in [1.82, 2.24) is 14.5 Å². The topological polar surface area (TPSA) is 74.7 Å². The van der Waals surface area contributed by atoms with Crippen LogP contribution < -0.4 is 10.6 Å². The lowest BCUT2D eigenvalue weighted by molar-refractivity contribution is 0.262. The zero-order valence-electron chi connectivity index (χ0n) is 16.8. The Morgan fingerprint density at radius 1 is 1.06 bits per heavy atom. The van der Waals surface area contributed by atoms with Gasteiger partial charge in [-0.05, 0) is 60.5 Å². The largest absolute Gasteiger partial charge is 0.346 e. The predicted molar refractivity (Wildman–Crippen MR) is 126 cm³/mol. The fourth-order valence-corrected chi connectivity index (χ4v) is 3.97. The average molecular weight is 430 g/mol. The zero-order valence-corrected chi connectivity index (χ0v) is 17.6. The average Bonchev–Trinajstić information content (AvgIpc) is 3.36. The third-order valence-electron chi connectivity index (χ3n) is 5.31. The number of pyridine rings is 1. The summed E-state index contributed by atoms with van der Waals surface area (Å²) in [4.78, 5) is 20.2. The highest BCUT2D eigenvalue weighted by molar-refractivity contribution is 6.33. The molecule has 0 unspecified atom stereocenters. The molecule has 3 N–H and O–H groups in total. The number of aryl methyl sites for hydroxylation is 1. The fourth-order valence-electron chi connectivity index (χ4n) is 3.81. The van der Waals surface area contributed by atoms with E-state index in [1.165, 1.54) is 0 Å². The highest BCUT2D eigenvalue weighted by Crippen LogP contribution is 2.27. The summed E-state index contributed by atoms with van der Waals surface area (Å²) in [6.45, 7) is 2.65. The maximum Gasteiger partial charge on any atom is 0.323 e. The molecule has 0 aliphatic heterocycles. The number of aromatic amines is 1. The van der Waals surface area contributed by atoms with Crippen LogP contribution in [0.15, 0.2) is 73.2 Å². The number of hydrogen-bond donors (Lipinski definition) is 3. The van der Waals surface area contributed by atoms with Crippen LogP contribution in [0.25, 0.3) is 21.9 Å². The first-order valence-corrected chi connectivity index (χ1v) is 10.3. The van der Waals surface area contributed by atoms with Crippen LogP contribution >= 0.6 is 11.6 Å². The van der Waals surface area contributed by atoms with Gasteiger partial charge in [0.1, 0.15) is 5.65 Å². The molecule has 7 heteroatoms. The molecule has 0 radical (unpaired) electrons. The molecule has 0 spiro atoms. The van der Waals surface area contributed by atoms with Crippen molar-refractivity contribution in [2.75, 3.05) is 10.6 Å². The van der Waals surface area contributed by atoms with E-state index in [-0.39, 0.29) is 6.03 Å². The van der Waals surface area contributed by atoms with Gasteiger partial charge in [-0.1, -0.05) is 23.7 Å². The number of carbonyl (C=O) groups is 1. The Balaban J connectivity index is 1.40. The maximum atomic E-state index is 12.6. The molecule has 5 aromatic rings. The SMILES string of the molecule is Cc1ccc(Cl)c(NC(=O)Nc2cccc3c2ccn3Cc2c[nH]c3ncccc23)c1. The highest BCUT2D eigenvalue weighted by Gasteiger charge is 2.12. The van der Waals surface area contributed by atoms with Gasteiger partial charge >= 0.3 is 6.03 Å². The Bertz CT molecular complexity index is 1420. The van der Waals surface area contributed by atoms with Gasteiger partial charge in [0.05, 0.1) is 21.9 Å². The molecule has 0 bridgehead atoms. The molecule has 6 nitrogen and oxygen atoms in total. The Hall–Kier alpha value is -3.77. The molecular formula is C24H20ClN5O.